The zero-order chi connectivity index (χ0) is 9.84. The first kappa shape index (κ1) is 9.77. The SMILES string of the molecule is CCCc1[nH]nc(C(=O)O)c1CC. The van der Waals surface area contributed by atoms with Crippen LogP contribution >= 0.6 is 0 Å². The van der Waals surface area contributed by atoms with Crippen LogP contribution in [0.5, 0.6) is 0 Å². The molecule has 0 saturated heterocycles. The van der Waals surface area contributed by atoms with Gasteiger partial charge in [-0.2, -0.15) is 5.10 Å². The highest BCUT2D eigenvalue weighted by molar-refractivity contribution is 5.87. The fraction of sp³-hybridized carbons (Fsp3) is 0.556. The molecule has 0 atom stereocenters. The maximum Gasteiger partial charge on any atom is 0.356 e. The van der Waals surface area contributed by atoms with Crippen LogP contribution in [0.1, 0.15) is 42.0 Å². The topological polar surface area (TPSA) is 66.0 Å². The van der Waals surface area contributed by atoms with Crippen LogP contribution in [0.25, 0.3) is 0 Å². The first-order valence-corrected chi connectivity index (χ1v) is 4.50. The molecule has 0 aliphatic heterocycles. The Labute approximate surface area is 77.0 Å². The van der Waals surface area contributed by atoms with Gasteiger partial charge in [0.15, 0.2) is 5.69 Å². The Hall–Kier alpha value is -1.32. The molecule has 2 N–H and O–H groups in total. The lowest BCUT2D eigenvalue weighted by atomic mass is 10.1. The van der Waals surface area contributed by atoms with E-state index < -0.39 is 5.97 Å². The molecule has 4 heteroatoms. The summed E-state index contributed by atoms with van der Waals surface area (Å²) in [6.07, 6.45) is 2.57. The number of aryl methyl sites for hydroxylation is 1. The van der Waals surface area contributed by atoms with E-state index in [-0.39, 0.29) is 5.69 Å². The van der Waals surface area contributed by atoms with Crippen LogP contribution in [0.2, 0.25) is 0 Å². The molecule has 1 heterocycles. The molecule has 0 bridgehead atoms. The fourth-order valence-electron chi connectivity index (χ4n) is 1.42. The maximum atomic E-state index is 10.7. The van der Waals surface area contributed by atoms with Gasteiger partial charge in [0.1, 0.15) is 0 Å². The third-order valence-electron chi connectivity index (χ3n) is 2.01. The molecule has 0 aliphatic rings. The van der Waals surface area contributed by atoms with Crippen LogP contribution in [0.4, 0.5) is 0 Å². The largest absolute Gasteiger partial charge is 0.476 e. The van der Waals surface area contributed by atoms with Crippen molar-refractivity contribution in [3.63, 3.8) is 0 Å². The highest BCUT2D eigenvalue weighted by atomic mass is 16.4. The van der Waals surface area contributed by atoms with Crippen molar-refractivity contribution in [3.8, 4) is 0 Å². The highest BCUT2D eigenvalue weighted by Crippen LogP contribution is 2.13. The van der Waals surface area contributed by atoms with Gasteiger partial charge in [0, 0.05) is 11.3 Å². The molecule has 72 valence electrons. The van der Waals surface area contributed by atoms with Crippen molar-refractivity contribution in [1.82, 2.24) is 10.2 Å². The first-order valence-electron chi connectivity index (χ1n) is 4.50. The summed E-state index contributed by atoms with van der Waals surface area (Å²) < 4.78 is 0. The van der Waals surface area contributed by atoms with E-state index in [1.54, 1.807) is 0 Å². The molecule has 1 aromatic heterocycles. The van der Waals surface area contributed by atoms with Crippen LogP contribution in [0.3, 0.4) is 0 Å². The number of carbonyl (C=O) groups is 1. The summed E-state index contributed by atoms with van der Waals surface area (Å²) in [5.41, 5.74) is 1.97. The summed E-state index contributed by atoms with van der Waals surface area (Å²) >= 11 is 0. The second-order valence-electron chi connectivity index (χ2n) is 2.94. The van der Waals surface area contributed by atoms with Gasteiger partial charge in [-0.15, -0.1) is 0 Å². The molecule has 1 rings (SSSR count). The van der Waals surface area contributed by atoms with E-state index >= 15 is 0 Å². The van der Waals surface area contributed by atoms with E-state index in [1.165, 1.54) is 0 Å². The minimum atomic E-state index is -0.949. The Kier molecular flexibility index (Phi) is 3.06. The number of rotatable bonds is 4. The number of hydrogen-bond donors (Lipinski definition) is 2. The third kappa shape index (κ3) is 1.88. The summed E-state index contributed by atoms with van der Waals surface area (Å²) in [7, 11) is 0. The molecule has 0 spiro atoms. The Morgan fingerprint density at radius 2 is 2.23 bits per heavy atom. The van der Waals surface area contributed by atoms with Crippen LogP contribution in [-0.4, -0.2) is 21.3 Å². The Bertz CT molecular complexity index is 305. The number of aromatic nitrogens is 2. The molecular weight excluding hydrogens is 168 g/mol. The molecular formula is C9H14N2O2. The molecule has 4 nitrogen and oxygen atoms in total. The Morgan fingerprint density at radius 3 is 2.69 bits per heavy atom. The van der Waals surface area contributed by atoms with Gasteiger partial charge in [0.2, 0.25) is 0 Å². The van der Waals surface area contributed by atoms with Gasteiger partial charge in [-0.3, -0.25) is 5.10 Å². The average Bonchev–Trinajstić information content (AvgIpc) is 2.48. The predicted octanol–water partition coefficient (Wildman–Crippen LogP) is 1.62. The lowest BCUT2D eigenvalue weighted by Gasteiger charge is -1.98. The van der Waals surface area contributed by atoms with E-state index in [2.05, 4.69) is 17.1 Å². The quantitative estimate of drug-likeness (QED) is 0.743. The van der Waals surface area contributed by atoms with E-state index in [4.69, 9.17) is 5.11 Å². The van der Waals surface area contributed by atoms with Crippen LogP contribution in [-0.2, 0) is 12.8 Å². The smallest absolute Gasteiger partial charge is 0.356 e. The summed E-state index contributed by atoms with van der Waals surface area (Å²) in [6.45, 7) is 4.00. The zero-order valence-electron chi connectivity index (χ0n) is 7.92. The Balaban J connectivity index is 3.03. The van der Waals surface area contributed by atoms with Crippen LogP contribution in [0.15, 0.2) is 0 Å². The number of aromatic amines is 1. The monoisotopic (exact) mass is 182 g/mol. The normalized spacial score (nSPS) is 10.3. The molecule has 0 amide bonds. The minimum absolute atomic E-state index is 0.172. The molecule has 0 radical (unpaired) electrons. The van der Waals surface area contributed by atoms with E-state index in [9.17, 15) is 4.79 Å². The van der Waals surface area contributed by atoms with Crippen molar-refractivity contribution < 1.29 is 9.90 Å². The van der Waals surface area contributed by atoms with E-state index in [1.807, 2.05) is 6.92 Å². The van der Waals surface area contributed by atoms with Gasteiger partial charge in [0.25, 0.3) is 0 Å². The molecule has 0 unspecified atom stereocenters. The van der Waals surface area contributed by atoms with Crippen molar-refractivity contribution in [2.24, 2.45) is 0 Å². The molecule has 0 aromatic carbocycles. The molecule has 0 aliphatic carbocycles. The lowest BCUT2D eigenvalue weighted by Crippen LogP contribution is -2.01. The van der Waals surface area contributed by atoms with E-state index in [0.717, 1.165) is 24.1 Å². The van der Waals surface area contributed by atoms with Crippen molar-refractivity contribution in [2.75, 3.05) is 0 Å². The lowest BCUT2D eigenvalue weighted by molar-refractivity contribution is 0.0689. The van der Waals surface area contributed by atoms with Gasteiger partial charge >= 0.3 is 5.97 Å². The maximum absolute atomic E-state index is 10.7. The summed E-state index contributed by atoms with van der Waals surface area (Å²) in [6, 6.07) is 0. The van der Waals surface area contributed by atoms with Gasteiger partial charge in [0.05, 0.1) is 0 Å². The van der Waals surface area contributed by atoms with Crippen molar-refractivity contribution in [1.29, 1.82) is 0 Å². The van der Waals surface area contributed by atoms with Crippen molar-refractivity contribution in [2.45, 2.75) is 33.1 Å². The number of H-pyrrole nitrogens is 1. The number of aromatic carboxylic acids is 1. The van der Waals surface area contributed by atoms with Gasteiger partial charge < -0.3 is 5.11 Å². The zero-order valence-corrected chi connectivity index (χ0v) is 7.92. The average molecular weight is 182 g/mol. The second-order valence-corrected chi connectivity index (χ2v) is 2.94. The molecule has 0 fully saturated rings. The summed E-state index contributed by atoms with van der Waals surface area (Å²) in [4.78, 5) is 10.7. The number of carboxylic acid groups (broad SMARTS) is 1. The number of nitrogens with one attached hydrogen (secondary N) is 1. The number of carboxylic acids is 1. The molecule has 13 heavy (non-hydrogen) atoms. The van der Waals surface area contributed by atoms with Gasteiger partial charge in [-0.1, -0.05) is 20.3 Å². The molecule has 0 saturated carbocycles. The second kappa shape index (κ2) is 4.07. The first-order chi connectivity index (χ1) is 6.20. The highest BCUT2D eigenvalue weighted by Gasteiger charge is 2.16. The minimum Gasteiger partial charge on any atom is -0.476 e. The van der Waals surface area contributed by atoms with Crippen molar-refractivity contribution >= 4 is 5.97 Å². The standard InChI is InChI=1S/C9H14N2O2/c1-3-5-7-6(4-2)8(9(12)13)11-10-7/h3-5H2,1-2H3,(H,10,11)(H,12,13). The number of hydrogen-bond acceptors (Lipinski definition) is 2. The van der Waals surface area contributed by atoms with Crippen LogP contribution in [0, 0.1) is 0 Å². The van der Waals surface area contributed by atoms with Crippen molar-refractivity contribution in [3.05, 3.63) is 17.0 Å². The third-order valence-corrected chi connectivity index (χ3v) is 2.01. The molecule has 1 aromatic rings. The van der Waals surface area contributed by atoms with E-state index in [0.29, 0.717) is 6.42 Å². The summed E-state index contributed by atoms with van der Waals surface area (Å²) in [5, 5.41) is 15.4. The Morgan fingerprint density at radius 1 is 1.54 bits per heavy atom. The fourth-order valence-corrected chi connectivity index (χ4v) is 1.42. The number of nitrogens with zero attached hydrogens (tertiary/aromatic N) is 1. The summed E-state index contributed by atoms with van der Waals surface area (Å²) in [5.74, 6) is -0.949. The predicted molar refractivity (Wildman–Crippen MR) is 48.9 cm³/mol. The van der Waals surface area contributed by atoms with Gasteiger partial charge in [-0.25, -0.2) is 4.79 Å². The van der Waals surface area contributed by atoms with Crippen LogP contribution < -0.4 is 0 Å². The van der Waals surface area contributed by atoms with Gasteiger partial charge in [-0.05, 0) is 12.8 Å².